The Kier molecular flexibility index (Phi) is 3.02. The number of imidazole rings is 1. The summed E-state index contributed by atoms with van der Waals surface area (Å²) >= 11 is 0. The summed E-state index contributed by atoms with van der Waals surface area (Å²) in [7, 11) is 1.56. The largest absolute Gasteiger partial charge is 0.495 e. The molecule has 3 aromatic heterocycles. The standard InChI is InChI=1S/C14H12N4O3/c1-8-3-11(9-4-10(21-2)6-15-5-9)17-13-12(14(19)20)16-7-18(8)13/h3-7H,1-2H3,(H,19,20). The van der Waals surface area contributed by atoms with Gasteiger partial charge < -0.3 is 9.84 Å². The molecule has 0 radical (unpaired) electrons. The number of fused-ring (bicyclic) bond motifs is 1. The normalized spacial score (nSPS) is 10.8. The van der Waals surface area contributed by atoms with E-state index < -0.39 is 5.97 Å². The fourth-order valence-electron chi connectivity index (χ4n) is 2.09. The first-order chi connectivity index (χ1) is 10.1. The van der Waals surface area contributed by atoms with E-state index in [4.69, 9.17) is 9.84 Å². The maximum Gasteiger partial charge on any atom is 0.358 e. The second-order valence-corrected chi connectivity index (χ2v) is 4.49. The summed E-state index contributed by atoms with van der Waals surface area (Å²) in [5.74, 6) is -0.496. The molecule has 21 heavy (non-hydrogen) atoms. The second kappa shape index (κ2) is 4.86. The third-order valence-electron chi connectivity index (χ3n) is 3.14. The lowest BCUT2D eigenvalue weighted by Crippen LogP contribution is -2.01. The van der Waals surface area contributed by atoms with Crippen LogP contribution >= 0.6 is 0 Å². The molecule has 7 nitrogen and oxygen atoms in total. The summed E-state index contributed by atoms with van der Waals surface area (Å²) in [4.78, 5) is 23.5. The molecule has 0 aromatic carbocycles. The van der Waals surface area contributed by atoms with Gasteiger partial charge in [-0.05, 0) is 19.1 Å². The number of hydrogen-bond acceptors (Lipinski definition) is 5. The second-order valence-electron chi connectivity index (χ2n) is 4.49. The Hall–Kier alpha value is -2.96. The number of carboxylic acids is 1. The minimum atomic E-state index is -1.11. The number of nitrogens with zero attached hydrogens (tertiary/aromatic N) is 4. The summed E-state index contributed by atoms with van der Waals surface area (Å²) < 4.78 is 6.78. The Morgan fingerprint density at radius 1 is 1.33 bits per heavy atom. The zero-order chi connectivity index (χ0) is 15.0. The minimum absolute atomic E-state index is 0.0733. The molecular formula is C14H12N4O3. The third kappa shape index (κ3) is 2.18. The summed E-state index contributed by atoms with van der Waals surface area (Å²) in [6, 6.07) is 3.64. The van der Waals surface area contributed by atoms with E-state index >= 15 is 0 Å². The number of carbonyl (C=O) groups is 1. The molecule has 0 fully saturated rings. The maximum atomic E-state index is 11.2. The van der Waals surface area contributed by atoms with E-state index in [0.29, 0.717) is 17.1 Å². The van der Waals surface area contributed by atoms with Crippen LogP contribution in [0.3, 0.4) is 0 Å². The maximum absolute atomic E-state index is 11.2. The highest BCUT2D eigenvalue weighted by molar-refractivity contribution is 5.92. The topological polar surface area (TPSA) is 89.6 Å². The van der Waals surface area contributed by atoms with E-state index in [1.54, 1.807) is 30.0 Å². The van der Waals surface area contributed by atoms with Gasteiger partial charge in [0.15, 0.2) is 11.3 Å². The number of hydrogen-bond donors (Lipinski definition) is 1. The number of rotatable bonds is 3. The van der Waals surface area contributed by atoms with Crippen molar-refractivity contribution in [3.63, 3.8) is 0 Å². The summed E-state index contributed by atoms with van der Waals surface area (Å²) in [6.07, 6.45) is 4.70. The van der Waals surface area contributed by atoms with Gasteiger partial charge in [-0.15, -0.1) is 0 Å². The lowest BCUT2D eigenvalue weighted by molar-refractivity contribution is 0.0693. The van der Waals surface area contributed by atoms with E-state index in [2.05, 4.69) is 15.0 Å². The third-order valence-corrected chi connectivity index (χ3v) is 3.14. The van der Waals surface area contributed by atoms with Crippen molar-refractivity contribution in [3.8, 4) is 17.0 Å². The van der Waals surface area contributed by atoms with Gasteiger partial charge in [-0.2, -0.15) is 0 Å². The molecule has 7 heteroatoms. The molecule has 0 bridgehead atoms. The highest BCUT2D eigenvalue weighted by atomic mass is 16.5. The van der Waals surface area contributed by atoms with Gasteiger partial charge >= 0.3 is 5.97 Å². The fourth-order valence-corrected chi connectivity index (χ4v) is 2.09. The first-order valence-electron chi connectivity index (χ1n) is 6.17. The lowest BCUT2D eigenvalue weighted by atomic mass is 10.2. The minimum Gasteiger partial charge on any atom is -0.495 e. The van der Waals surface area contributed by atoms with Crippen LogP contribution in [0.2, 0.25) is 0 Å². The van der Waals surface area contributed by atoms with E-state index in [1.807, 2.05) is 13.0 Å². The number of aromatic nitrogens is 4. The van der Waals surface area contributed by atoms with Crippen LogP contribution in [0.1, 0.15) is 16.2 Å². The smallest absolute Gasteiger partial charge is 0.358 e. The van der Waals surface area contributed by atoms with Gasteiger partial charge in [0.25, 0.3) is 0 Å². The van der Waals surface area contributed by atoms with Gasteiger partial charge in [-0.1, -0.05) is 0 Å². The molecule has 0 saturated carbocycles. The monoisotopic (exact) mass is 284 g/mol. The van der Waals surface area contributed by atoms with Crippen molar-refractivity contribution < 1.29 is 14.6 Å². The van der Waals surface area contributed by atoms with Crippen LogP contribution in [0.15, 0.2) is 30.9 Å². The fraction of sp³-hybridized carbons (Fsp3) is 0.143. The highest BCUT2D eigenvalue weighted by Crippen LogP contribution is 2.23. The predicted molar refractivity (Wildman–Crippen MR) is 74.5 cm³/mol. The van der Waals surface area contributed by atoms with Gasteiger partial charge in [0.1, 0.15) is 12.1 Å². The van der Waals surface area contributed by atoms with Crippen LogP contribution < -0.4 is 4.74 Å². The quantitative estimate of drug-likeness (QED) is 0.788. The Bertz CT molecular complexity index is 841. The Morgan fingerprint density at radius 2 is 2.14 bits per heavy atom. The molecule has 0 aliphatic heterocycles. The highest BCUT2D eigenvalue weighted by Gasteiger charge is 2.16. The average molecular weight is 284 g/mol. The van der Waals surface area contributed by atoms with E-state index in [1.165, 1.54) is 6.33 Å². The molecule has 0 aliphatic rings. The Balaban J connectivity index is 2.23. The molecule has 3 heterocycles. The molecule has 0 spiro atoms. The predicted octanol–water partition coefficient (Wildman–Crippen LogP) is 1.81. The number of aromatic carboxylic acids is 1. The van der Waals surface area contributed by atoms with Crippen LogP contribution in [0.25, 0.3) is 16.9 Å². The van der Waals surface area contributed by atoms with Crippen LogP contribution in [-0.4, -0.2) is 37.5 Å². The van der Waals surface area contributed by atoms with Gasteiger partial charge in [-0.3, -0.25) is 9.38 Å². The van der Waals surface area contributed by atoms with Crippen LogP contribution in [0.5, 0.6) is 5.75 Å². The zero-order valence-electron chi connectivity index (χ0n) is 11.4. The van der Waals surface area contributed by atoms with E-state index in [0.717, 1.165) is 11.3 Å². The molecule has 0 unspecified atom stereocenters. The van der Waals surface area contributed by atoms with Crippen molar-refractivity contribution >= 4 is 11.6 Å². The molecule has 1 N–H and O–H groups in total. The first kappa shape index (κ1) is 13.0. The van der Waals surface area contributed by atoms with Crippen molar-refractivity contribution in [1.82, 2.24) is 19.4 Å². The van der Waals surface area contributed by atoms with Crippen LogP contribution in [0.4, 0.5) is 0 Å². The number of aryl methyl sites for hydroxylation is 1. The van der Waals surface area contributed by atoms with Gasteiger partial charge in [-0.25, -0.2) is 14.8 Å². The summed E-state index contributed by atoms with van der Waals surface area (Å²) in [5, 5.41) is 9.16. The van der Waals surface area contributed by atoms with E-state index in [9.17, 15) is 4.79 Å². The number of pyridine rings is 1. The number of methoxy groups -OCH3 is 1. The van der Waals surface area contributed by atoms with Crippen LogP contribution in [0, 0.1) is 6.92 Å². The van der Waals surface area contributed by atoms with Gasteiger partial charge in [0.2, 0.25) is 0 Å². The van der Waals surface area contributed by atoms with E-state index in [-0.39, 0.29) is 5.69 Å². The molecule has 3 rings (SSSR count). The summed E-state index contributed by atoms with van der Waals surface area (Å²) in [5.41, 5.74) is 2.43. The zero-order valence-corrected chi connectivity index (χ0v) is 11.4. The van der Waals surface area contributed by atoms with Crippen molar-refractivity contribution in [2.75, 3.05) is 7.11 Å². The first-order valence-corrected chi connectivity index (χ1v) is 6.17. The van der Waals surface area contributed by atoms with Crippen molar-refractivity contribution in [2.24, 2.45) is 0 Å². The van der Waals surface area contributed by atoms with Gasteiger partial charge in [0, 0.05) is 17.5 Å². The van der Waals surface area contributed by atoms with Crippen molar-refractivity contribution in [1.29, 1.82) is 0 Å². The molecular weight excluding hydrogens is 272 g/mol. The Morgan fingerprint density at radius 3 is 2.86 bits per heavy atom. The molecule has 0 saturated heterocycles. The summed E-state index contributed by atoms with van der Waals surface area (Å²) in [6.45, 7) is 1.86. The van der Waals surface area contributed by atoms with Crippen molar-refractivity contribution in [2.45, 2.75) is 6.92 Å². The van der Waals surface area contributed by atoms with Gasteiger partial charge in [0.05, 0.1) is 19.0 Å². The molecule has 106 valence electrons. The lowest BCUT2D eigenvalue weighted by Gasteiger charge is -2.06. The number of carboxylic acid groups (broad SMARTS) is 1. The van der Waals surface area contributed by atoms with Crippen LogP contribution in [-0.2, 0) is 0 Å². The van der Waals surface area contributed by atoms with Crippen molar-refractivity contribution in [3.05, 3.63) is 42.2 Å². The Labute approximate surface area is 119 Å². The number of ether oxygens (including phenoxy) is 1. The molecule has 0 amide bonds. The molecule has 0 atom stereocenters. The molecule has 3 aromatic rings. The average Bonchev–Trinajstić information content (AvgIpc) is 2.92. The SMILES string of the molecule is COc1cncc(-c2cc(C)n3cnc(C(=O)O)c3n2)c1. The molecule has 0 aliphatic carbocycles.